The molecule has 9 nitrogen and oxygen atoms in total. The van der Waals surface area contributed by atoms with Crippen LogP contribution in [0.4, 0.5) is 0 Å². The second kappa shape index (κ2) is 8.32. The zero-order valence-electron chi connectivity index (χ0n) is 15.3. The highest BCUT2D eigenvalue weighted by Crippen LogP contribution is 2.17. The van der Waals surface area contributed by atoms with E-state index in [4.69, 9.17) is 0 Å². The Hall–Kier alpha value is -2.04. The van der Waals surface area contributed by atoms with Gasteiger partial charge in [0.2, 0.25) is 10.0 Å². The van der Waals surface area contributed by atoms with Crippen LogP contribution in [0.15, 0.2) is 26.7 Å². The van der Waals surface area contributed by atoms with Crippen LogP contribution in [0.5, 0.6) is 0 Å². The average molecular weight is 395 g/mol. The lowest BCUT2D eigenvalue weighted by atomic mass is 10.1. The molecule has 1 fully saturated rings. The highest BCUT2D eigenvalue weighted by Gasteiger charge is 2.17. The van der Waals surface area contributed by atoms with Crippen molar-refractivity contribution in [3.63, 3.8) is 0 Å². The summed E-state index contributed by atoms with van der Waals surface area (Å²) in [4.78, 5) is 29.6. The van der Waals surface area contributed by atoms with Crippen LogP contribution in [0.25, 0.3) is 11.0 Å². The lowest BCUT2D eigenvalue weighted by molar-refractivity contribution is 0.461. The molecule has 0 amide bonds. The van der Waals surface area contributed by atoms with Gasteiger partial charge in [0.05, 0.1) is 5.39 Å². The Kier molecular flexibility index (Phi) is 6.08. The van der Waals surface area contributed by atoms with Crippen LogP contribution in [-0.2, 0) is 17.1 Å². The molecule has 0 unspecified atom stereocenters. The van der Waals surface area contributed by atoms with Gasteiger partial charge in [0, 0.05) is 32.4 Å². The number of H-pyrrole nitrogens is 1. The molecule has 1 saturated carbocycles. The largest absolute Gasteiger partial charge is 0.329 e. The van der Waals surface area contributed by atoms with E-state index in [1.165, 1.54) is 38.8 Å². The molecule has 0 atom stereocenters. The van der Waals surface area contributed by atoms with Crippen molar-refractivity contribution in [1.82, 2.24) is 24.6 Å². The molecule has 2 heterocycles. The summed E-state index contributed by atoms with van der Waals surface area (Å²) in [6.07, 6.45) is 8.37. The molecular formula is C17H25N5O4S. The Morgan fingerprint density at radius 2 is 1.89 bits per heavy atom. The number of nitrogens with zero attached hydrogens (tertiary/aromatic N) is 2. The van der Waals surface area contributed by atoms with E-state index in [-0.39, 0.29) is 22.5 Å². The molecule has 2 aromatic heterocycles. The highest BCUT2D eigenvalue weighted by molar-refractivity contribution is 7.89. The van der Waals surface area contributed by atoms with E-state index in [0.717, 1.165) is 23.6 Å². The van der Waals surface area contributed by atoms with Crippen molar-refractivity contribution in [1.29, 1.82) is 0 Å². The lowest BCUT2D eigenvalue weighted by Gasteiger charge is -2.16. The second-order valence-electron chi connectivity index (χ2n) is 6.90. The van der Waals surface area contributed by atoms with E-state index < -0.39 is 21.3 Å². The number of hydrogen-bond donors (Lipinski definition) is 3. The van der Waals surface area contributed by atoms with Gasteiger partial charge in [0.25, 0.3) is 5.56 Å². The molecule has 27 heavy (non-hydrogen) atoms. The molecule has 0 aromatic carbocycles. The maximum atomic E-state index is 12.5. The number of aromatic nitrogens is 3. The van der Waals surface area contributed by atoms with E-state index in [0.29, 0.717) is 12.6 Å². The van der Waals surface area contributed by atoms with Crippen LogP contribution in [0, 0.1) is 0 Å². The molecule has 0 aliphatic heterocycles. The third-order valence-electron chi connectivity index (χ3n) is 4.94. The van der Waals surface area contributed by atoms with E-state index in [1.807, 2.05) is 0 Å². The van der Waals surface area contributed by atoms with Gasteiger partial charge in [-0.05, 0) is 18.9 Å². The van der Waals surface area contributed by atoms with E-state index in [2.05, 4.69) is 20.0 Å². The summed E-state index contributed by atoms with van der Waals surface area (Å²) in [5.41, 5.74) is -1.12. The van der Waals surface area contributed by atoms with E-state index in [9.17, 15) is 18.0 Å². The third-order valence-corrected chi connectivity index (χ3v) is 6.37. The van der Waals surface area contributed by atoms with Crippen molar-refractivity contribution in [3.8, 4) is 0 Å². The molecule has 0 spiro atoms. The van der Waals surface area contributed by atoms with Crippen LogP contribution in [0.3, 0.4) is 0 Å². The van der Waals surface area contributed by atoms with Crippen LogP contribution >= 0.6 is 0 Å². The summed E-state index contributed by atoms with van der Waals surface area (Å²) in [5, 5.41) is 3.45. The summed E-state index contributed by atoms with van der Waals surface area (Å²) in [6, 6.07) is 1.68. The van der Waals surface area contributed by atoms with Crippen molar-refractivity contribution in [3.05, 3.63) is 33.1 Å². The number of fused-ring (bicyclic) bond motifs is 1. The van der Waals surface area contributed by atoms with Crippen LogP contribution in [0.1, 0.15) is 38.5 Å². The first-order valence-corrected chi connectivity index (χ1v) is 10.7. The summed E-state index contributed by atoms with van der Waals surface area (Å²) in [5.74, 6) is 0. The molecule has 0 bridgehead atoms. The van der Waals surface area contributed by atoms with Gasteiger partial charge in [0.15, 0.2) is 0 Å². The normalized spacial score (nSPS) is 16.5. The Balaban J connectivity index is 1.67. The minimum absolute atomic E-state index is 0.0524. The first-order chi connectivity index (χ1) is 12.9. The van der Waals surface area contributed by atoms with Crippen molar-refractivity contribution in [2.24, 2.45) is 7.05 Å². The smallest absolute Gasteiger partial charge is 0.313 e. The monoisotopic (exact) mass is 395 g/mol. The highest BCUT2D eigenvalue weighted by atomic mass is 32.2. The maximum absolute atomic E-state index is 12.5. The molecule has 1 aliphatic rings. The Labute approximate surface area is 157 Å². The van der Waals surface area contributed by atoms with Gasteiger partial charge in [0.1, 0.15) is 10.5 Å². The van der Waals surface area contributed by atoms with Crippen molar-refractivity contribution < 1.29 is 8.42 Å². The number of aromatic amines is 1. The fourth-order valence-corrected chi connectivity index (χ4v) is 4.39. The molecule has 2 aromatic rings. The molecule has 0 saturated heterocycles. The second-order valence-corrected chi connectivity index (χ2v) is 8.67. The average Bonchev–Trinajstić information content (AvgIpc) is 2.92. The van der Waals surface area contributed by atoms with Gasteiger partial charge in [-0.15, -0.1) is 0 Å². The number of hydrogen-bond acceptors (Lipinski definition) is 6. The van der Waals surface area contributed by atoms with Crippen molar-refractivity contribution >= 4 is 21.1 Å². The SMILES string of the molecule is Cn1c(=O)[nH]c(=O)c2cc(S(=O)(=O)NCCNC3CCCCCC3)cnc21. The van der Waals surface area contributed by atoms with E-state index in [1.54, 1.807) is 0 Å². The number of nitrogens with one attached hydrogen (secondary N) is 3. The molecule has 3 N–H and O–H groups in total. The summed E-state index contributed by atoms with van der Waals surface area (Å²) in [7, 11) is -2.34. The first-order valence-electron chi connectivity index (χ1n) is 9.20. The predicted molar refractivity (Wildman–Crippen MR) is 102 cm³/mol. The topological polar surface area (TPSA) is 126 Å². The molecule has 148 valence electrons. The number of rotatable bonds is 6. The van der Waals surface area contributed by atoms with Gasteiger partial charge in [-0.3, -0.25) is 14.3 Å². The predicted octanol–water partition coefficient (Wildman–Crippen LogP) is 0.212. The fraction of sp³-hybridized carbons (Fsp3) is 0.588. The minimum Gasteiger partial charge on any atom is -0.313 e. The van der Waals surface area contributed by atoms with E-state index >= 15 is 0 Å². The zero-order valence-corrected chi connectivity index (χ0v) is 16.1. The third kappa shape index (κ3) is 4.63. The van der Waals surface area contributed by atoms with Gasteiger partial charge in [-0.25, -0.2) is 22.9 Å². The van der Waals surface area contributed by atoms with Crippen LogP contribution < -0.4 is 21.3 Å². The molecule has 0 radical (unpaired) electrons. The summed E-state index contributed by atoms with van der Waals surface area (Å²) >= 11 is 0. The molecular weight excluding hydrogens is 370 g/mol. The molecule has 1 aliphatic carbocycles. The number of sulfonamides is 1. The first kappa shape index (κ1) is 19.7. The quantitative estimate of drug-likeness (QED) is 0.474. The summed E-state index contributed by atoms with van der Waals surface area (Å²) < 4.78 is 28.7. The fourth-order valence-electron chi connectivity index (χ4n) is 3.39. The van der Waals surface area contributed by atoms with Gasteiger partial charge in [-0.2, -0.15) is 0 Å². The standard InChI is InChI=1S/C17H25N5O4S/c1-22-15-14(16(23)21-17(22)24)10-13(11-19-15)27(25,26)20-9-8-18-12-6-4-2-3-5-7-12/h10-12,18,20H,2-9H2,1H3,(H,21,23,24). The van der Waals surface area contributed by atoms with Crippen molar-refractivity contribution in [2.75, 3.05) is 13.1 Å². The Morgan fingerprint density at radius 3 is 2.59 bits per heavy atom. The molecule has 3 rings (SSSR count). The van der Waals surface area contributed by atoms with Crippen LogP contribution in [-0.4, -0.2) is 42.1 Å². The summed E-state index contributed by atoms with van der Waals surface area (Å²) in [6.45, 7) is 0.792. The lowest BCUT2D eigenvalue weighted by Crippen LogP contribution is -2.37. The Bertz CT molecular complexity index is 1020. The maximum Gasteiger partial charge on any atom is 0.329 e. The zero-order chi connectivity index (χ0) is 19.4. The van der Waals surface area contributed by atoms with Crippen molar-refractivity contribution in [2.45, 2.75) is 49.5 Å². The van der Waals surface area contributed by atoms with Gasteiger partial charge in [-0.1, -0.05) is 25.7 Å². The molecule has 10 heteroatoms. The minimum atomic E-state index is -3.79. The Morgan fingerprint density at radius 1 is 1.19 bits per heavy atom. The number of pyridine rings is 1. The number of aryl methyl sites for hydroxylation is 1. The van der Waals surface area contributed by atoms with Gasteiger partial charge < -0.3 is 5.32 Å². The van der Waals surface area contributed by atoms with Crippen LogP contribution in [0.2, 0.25) is 0 Å². The van der Waals surface area contributed by atoms with Gasteiger partial charge >= 0.3 is 5.69 Å².